The Morgan fingerprint density at radius 2 is 2.17 bits per heavy atom. The van der Waals surface area contributed by atoms with Crippen molar-refractivity contribution in [3.8, 4) is 0 Å². The largest absolute Gasteiger partial charge is 0.334 e. The molecule has 2 atom stereocenters. The molecule has 1 aliphatic rings. The highest BCUT2D eigenvalue weighted by molar-refractivity contribution is 5.84. The van der Waals surface area contributed by atoms with Gasteiger partial charge in [0, 0.05) is 25.4 Å². The van der Waals surface area contributed by atoms with Crippen molar-refractivity contribution < 1.29 is 4.79 Å². The summed E-state index contributed by atoms with van der Waals surface area (Å²) < 4.78 is 3.76. The third-order valence-corrected chi connectivity index (χ3v) is 4.90. The Bertz CT molecular complexity index is 880. The lowest BCUT2D eigenvalue weighted by atomic mass is 10.1. The zero-order valence-corrected chi connectivity index (χ0v) is 14.0. The lowest BCUT2D eigenvalue weighted by Crippen LogP contribution is -2.35. The van der Waals surface area contributed by atoms with Gasteiger partial charge in [-0.1, -0.05) is 12.1 Å². The fourth-order valence-electron chi connectivity index (χ4n) is 3.64. The minimum Gasteiger partial charge on any atom is -0.334 e. The van der Waals surface area contributed by atoms with Crippen LogP contribution in [-0.2, 0) is 11.8 Å². The zero-order chi connectivity index (χ0) is 16.7. The van der Waals surface area contributed by atoms with Crippen molar-refractivity contribution in [2.45, 2.75) is 31.8 Å². The Kier molecular flexibility index (Phi) is 3.59. The normalized spacial score (nSPS) is 19.1. The number of hydrogen-bond donors (Lipinski definition) is 0. The van der Waals surface area contributed by atoms with Gasteiger partial charge in [-0.15, -0.1) is 0 Å². The van der Waals surface area contributed by atoms with Crippen molar-refractivity contribution in [3.63, 3.8) is 0 Å². The van der Waals surface area contributed by atoms with Crippen LogP contribution in [-0.4, -0.2) is 36.7 Å². The van der Waals surface area contributed by atoms with E-state index in [0.717, 1.165) is 36.0 Å². The molecule has 0 unspecified atom stereocenters. The van der Waals surface area contributed by atoms with Crippen molar-refractivity contribution in [2.24, 2.45) is 7.05 Å². The van der Waals surface area contributed by atoms with E-state index < -0.39 is 0 Å². The summed E-state index contributed by atoms with van der Waals surface area (Å²) in [5.41, 5.74) is 3.03. The molecule has 1 aliphatic heterocycles. The van der Waals surface area contributed by atoms with E-state index in [1.807, 2.05) is 60.1 Å². The summed E-state index contributed by atoms with van der Waals surface area (Å²) in [6, 6.07) is 7.78. The van der Waals surface area contributed by atoms with Gasteiger partial charge in [0.05, 0.1) is 29.6 Å². The van der Waals surface area contributed by atoms with Gasteiger partial charge in [0.1, 0.15) is 6.04 Å². The van der Waals surface area contributed by atoms with Crippen molar-refractivity contribution in [3.05, 3.63) is 48.5 Å². The number of carbonyl (C=O) groups excluding carboxylic acids is 1. The van der Waals surface area contributed by atoms with Crippen LogP contribution >= 0.6 is 0 Å². The zero-order valence-electron chi connectivity index (χ0n) is 14.0. The highest BCUT2D eigenvalue weighted by atomic mass is 16.2. The Morgan fingerprint density at radius 1 is 1.33 bits per heavy atom. The average molecular weight is 323 g/mol. The van der Waals surface area contributed by atoms with Crippen molar-refractivity contribution in [1.82, 2.24) is 24.2 Å². The van der Waals surface area contributed by atoms with Crippen LogP contribution in [0.3, 0.4) is 0 Å². The summed E-state index contributed by atoms with van der Waals surface area (Å²) in [6.45, 7) is 2.75. The van der Waals surface area contributed by atoms with Gasteiger partial charge in [0.25, 0.3) is 0 Å². The lowest BCUT2D eigenvalue weighted by Gasteiger charge is -2.27. The molecule has 4 rings (SSSR count). The topological polar surface area (TPSA) is 56.0 Å². The highest BCUT2D eigenvalue weighted by Gasteiger charge is 2.33. The summed E-state index contributed by atoms with van der Waals surface area (Å²) in [6.07, 6.45) is 7.67. The molecule has 124 valence electrons. The van der Waals surface area contributed by atoms with Crippen molar-refractivity contribution >= 4 is 16.9 Å². The quantitative estimate of drug-likeness (QED) is 0.744. The first-order valence-electron chi connectivity index (χ1n) is 8.36. The molecule has 0 aliphatic carbocycles. The van der Waals surface area contributed by atoms with Gasteiger partial charge in [0.2, 0.25) is 5.91 Å². The Labute approximate surface area is 140 Å². The molecule has 1 aromatic carbocycles. The highest BCUT2D eigenvalue weighted by Crippen LogP contribution is 2.33. The molecule has 1 fully saturated rings. The molecule has 6 heteroatoms. The number of para-hydroxylation sites is 2. The summed E-state index contributed by atoms with van der Waals surface area (Å²) in [7, 11) is 1.91. The van der Waals surface area contributed by atoms with Gasteiger partial charge >= 0.3 is 0 Å². The van der Waals surface area contributed by atoms with E-state index in [1.165, 1.54) is 0 Å². The minimum absolute atomic E-state index is 0.128. The molecular formula is C18H21N5O. The Hall–Kier alpha value is -2.63. The Morgan fingerprint density at radius 3 is 2.96 bits per heavy atom. The molecule has 0 bridgehead atoms. The minimum atomic E-state index is -0.269. The predicted octanol–water partition coefficient (Wildman–Crippen LogP) is 2.69. The summed E-state index contributed by atoms with van der Waals surface area (Å²) in [5, 5.41) is 4.25. The molecule has 1 amide bonds. The third-order valence-electron chi connectivity index (χ3n) is 4.90. The smallest absolute Gasteiger partial charge is 0.245 e. The number of rotatable bonds is 3. The molecule has 2 aromatic heterocycles. The van der Waals surface area contributed by atoms with Crippen LogP contribution in [0.15, 0.2) is 43.0 Å². The van der Waals surface area contributed by atoms with Gasteiger partial charge in [-0.25, -0.2) is 4.98 Å². The molecule has 3 heterocycles. The first-order chi connectivity index (χ1) is 11.6. The molecule has 0 N–H and O–H groups in total. The molecule has 0 saturated carbocycles. The number of hydrogen-bond acceptors (Lipinski definition) is 3. The predicted molar refractivity (Wildman–Crippen MR) is 91.3 cm³/mol. The second kappa shape index (κ2) is 5.78. The molecular weight excluding hydrogens is 302 g/mol. The summed E-state index contributed by atoms with van der Waals surface area (Å²) in [4.78, 5) is 19.5. The van der Waals surface area contributed by atoms with E-state index >= 15 is 0 Å². The number of imidazole rings is 1. The van der Waals surface area contributed by atoms with Crippen LogP contribution in [0.5, 0.6) is 0 Å². The number of likely N-dealkylation sites (tertiary alicyclic amines) is 1. The molecule has 1 saturated heterocycles. The summed E-state index contributed by atoms with van der Waals surface area (Å²) in [5.74, 6) is 0.143. The van der Waals surface area contributed by atoms with Crippen LogP contribution in [0.2, 0.25) is 0 Å². The van der Waals surface area contributed by atoms with Crippen molar-refractivity contribution in [2.75, 3.05) is 6.54 Å². The number of aryl methyl sites for hydroxylation is 1. The molecule has 6 nitrogen and oxygen atoms in total. The molecule has 24 heavy (non-hydrogen) atoms. The number of carbonyl (C=O) groups is 1. The van der Waals surface area contributed by atoms with Crippen LogP contribution < -0.4 is 0 Å². The van der Waals surface area contributed by atoms with E-state index in [0.29, 0.717) is 0 Å². The number of aromatic nitrogens is 4. The lowest BCUT2D eigenvalue weighted by molar-refractivity contribution is -0.135. The maximum atomic E-state index is 13.1. The van der Waals surface area contributed by atoms with Gasteiger partial charge in [-0.05, 0) is 31.9 Å². The van der Waals surface area contributed by atoms with Gasteiger partial charge in [-0.3, -0.25) is 9.48 Å². The van der Waals surface area contributed by atoms with E-state index in [4.69, 9.17) is 0 Å². The van der Waals surface area contributed by atoms with E-state index in [9.17, 15) is 4.79 Å². The standard InChI is InChI=1S/C18H21N5O/c1-13(23-12-19-15-6-3-4-7-17(15)23)18(24)22-9-5-8-16(22)14-10-20-21(2)11-14/h3-4,6-7,10-13,16H,5,8-9H2,1-2H3/t13-,16-/m1/s1. The fraction of sp³-hybridized carbons (Fsp3) is 0.389. The SMILES string of the molecule is C[C@H](C(=O)N1CCC[C@@H]1c1cnn(C)c1)n1cnc2ccccc21. The molecule has 0 radical (unpaired) electrons. The van der Waals surface area contributed by atoms with E-state index in [2.05, 4.69) is 10.1 Å². The number of nitrogens with zero attached hydrogens (tertiary/aromatic N) is 5. The van der Waals surface area contributed by atoms with E-state index in [-0.39, 0.29) is 18.0 Å². The second-order valence-corrected chi connectivity index (χ2v) is 6.45. The number of benzene rings is 1. The maximum absolute atomic E-state index is 13.1. The monoisotopic (exact) mass is 323 g/mol. The van der Waals surface area contributed by atoms with Gasteiger partial charge < -0.3 is 9.47 Å². The number of fused-ring (bicyclic) bond motifs is 1. The first kappa shape index (κ1) is 14.9. The van der Waals surface area contributed by atoms with Gasteiger partial charge in [-0.2, -0.15) is 5.10 Å². The van der Waals surface area contributed by atoms with Crippen LogP contribution in [0, 0.1) is 0 Å². The molecule has 0 spiro atoms. The Balaban J connectivity index is 1.62. The van der Waals surface area contributed by atoms with Crippen LogP contribution in [0.4, 0.5) is 0 Å². The van der Waals surface area contributed by atoms with Crippen molar-refractivity contribution in [1.29, 1.82) is 0 Å². The summed E-state index contributed by atoms with van der Waals surface area (Å²) >= 11 is 0. The van der Waals surface area contributed by atoms with Gasteiger partial charge in [0.15, 0.2) is 0 Å². The fourth-order valence-corrected chi connectivity index (χ4v) is 3.64. The van der Waals surface area contributed by atoms with Crippen LogP contribution in [0.25, 0.3) is 11.0 Å². The number of amides is 1. The maximum Gasteiger partial charge on any atom is 0.245 e. The third kappa shape index (κ3) is 2.38. The van der Waals surface area contributed by atoms with Crippen LogP contribution in [0.1, 0.15) is 37.4 Å². The second-order valence-electron chi connectivity index (χ2n) is 6.45. The molecule has 3 aromatic rings. The van der Waals surface area contributed by atoms with E-state index in [1.54, 1.807) is 11.0 Å². The average Bonchev–Trinajstić information content (AvgIpc) is 3.31. The first-order valence-corrected chi connectivity index (χ1v) is 8.36.